The summed E-state index contributed by atoms with van der Waals surface area (Å²) < 4.78 is 2.21. The monoisotopic (exact) mass is 229 g/mol. The van der Waals surface area contributed by atoms with Crippen LogP contribution in [0.3, 0.4) is 0 Å². The van der Waals surface area contributed by atoms with Gasteiger partial charge in [0.2, 0.25) is 0 Å². The molecule has 17 heavy (non-hydrogen) atoms. The van der Waals surface area contributed by atoms with Gasteiger partial charge in [-0.05, 0) is 32.4 Å². The molecule has 0 N–H and O–H groups in total. The summed E-state index contributed by atoms with van der Waals surface area (Å²) in [7, 11) is 0. The molecule has 90 valence electrons. The van der Waals surface area contributed by atoms with Crippen molar-refractivity contribution in [3.63, 3.8) is 0 Å². The van der Waals surface area contributed by atoms with E-state index in [1.54, 1.807) is 0 Å². The van der Waals surface area contributed by atoms with Crippen molar-refractivity contribution >= 4 is 0 Å². The number of nitrogens with zero attached hydrogens (tertiary/aromatic N) is 3. The zero-order valence-electron chi connectivity index (χ0n) is 10.7. The molecule has 0 aromatic carbocycles. The van der Waals surface area contributed by atoms with Crippen molar-refractivity contribution in [2.45, 2.75) is 39.7 Å². The van der Waals surface area contributed by atoms with Gasteiger partial charge in [-0.15, -0.1) is 0 Å². The highest BCUT2D eigenvalue weighted by molar-refractivity contribution is 5.50. The average molecular weight is 229 g/mol. The van der Waals surface area contributed by atoms with Gasteiger partial charge in [0, 0.05) is 24.1 Å². The Morgan fingerprint density at radius 1 is 1.35 bits per heavy atom. The fourth-order valence-electron chi connectivity index (χ4n) is 2.09. The zero-order valence-corrected chi connectivity index (χ0v) is 10.7. The second kappa shape index (κ2) is 5.13. The van der Waals surface area contributed by atoms with Crippen molar-refractivity contribution in [2.24, 2.45) is 0 Å². The van der Waals surface area contributed by atoms with Crippen LogP contribution < -0.4 is 0 Å². The Kier molecular flexibility index (Phi) is 3.57. The van der Waals surface area contributed by atoms with E-state index in [1.807, 2.05) is 37.5 Å². The first kappa shape index (κ1) is 11.8. The van der Waals surface area contributed by atoms with Crippen LogP contribution in [0.2, 0.25) is 0 Å². The van der Waals surface area contributed by atoms with E-state index in [0.29, 0.717) is 6.04 Å². The molecule has 2 aromatic heterocycles. The average Bonchev–Trinajstić information content (AvgIpc) is 2.78. The third kappa shape index (κ3) is 2.54. The van der Waals surface area contributed by atoms with E-state index in [4.69, 9.17) is 0 Å². The third-order valence-electron chi connectivity index (χ3n) is 2.97. The van der Waals surface area contributed by atoms with E-state index >= 15 is 0 Å². The Hall–Kier alpha value is -1.64. The van der Waals surface area contributed by atoms with Gasteiger partial charge in [-0.25, -0.2) is 9.97 Å². The summed E-state index contributed by atoms with van der Waals surface area (Å²) in [4.78, 5) is 8.97. The van der Waals surface area contributed by atoms with Gasteiger partial charge >= 0.3 is 0 Å². The van der Waals surface area contributed by atoms with Gasteiger partial charge < -0.3 is 4.57 Å². The summed E-state index contributed by atoms with van der Waals surface area (Å²) in [6.45, 7) is 6.44. The maximum absolute atomic E-state index is 4.54. The van der Waals surface area contributed by atoms with Gasteiger partial charge in [-0.2, -0.15) is 0 Å². The third-order valence-corrected chi connectivity index (χ3v) is 2.97. The van der Waals surface area contributed by atoms with Crippen molar-refractivity contribution in [1.82, 2.24) is 14.5 Å². The van der Waals surface area contributed by atoms with Crippen molar-refractivity contribution in [2.75, 3.05) is 0 Å². The van der Waals surface area contributed by atoms with Gasteiger partial charge in [0.15, 0.2) is 5.82 Å². The standard InChI is InChI=1S/C14H19N3/c1-4-6-12(3)17-10-9-15-14(17)13-8-5-7-11(2)16-13/h5,7-10,12H,4,6H2,1-3H3/t12-/m0/s1. The van der Waals surface area contributed by atoms with Crippen LogP contribution in [-0.4, -0.2) is 14.5 Å². The van der Waals surface area contributed by atoms with Crippen LogP contribution >= 0.6 is 0 Å². The lowest BCUT2D eigenvalue weighted by atomic mass is 10.2. The molecule has 1 atom stereocenters. The molecule has 2 aromatic rings. The summed E-state index contributed by atoms with van der Waals surface area (Å²) in [5.74, 6) is 0.967. The Morgan fingerprint density at radius 3 is 2.88 bits per heavy atom. The van der Waals surface area contributed by atoms with Crippen molar-refractivity contribution in [3.8, 4) is 11.5 Å². The Balaban J connectivity index is 2.36. The second-order valence-corrected chi connectivity index (χ2v) is 4.46. The molecule has 2 rings (SSSR count). The van der Waals surface area contributed by atoms with Crippen molar-refractivity contribution < 1.29 is 0 Å². The lowest BCUT2D eigenvalue weighted by Crippen LogP contribution is -2.06. The summed E-state index contributed by atoms with van der Waals surface area (Å²) >= 11 is 0. The Labute approximate surface area is 103 Å². The SMILES string of the molecule is CCC[C@H](C)n1ccnc1-c1cccc(C)n1. The predicted molar refractivity (Wildman–Crippen MR) is 69.8 cm³/mol. The van der Waals surface area contributed by atoms with E-state index in [2.05, 4.69) is 28.4 Å². The maximum atomic E-state index is 4.54. The minimum absolute atomic E-state index is 0.472. The fraction of sp³-hybridized carbons (Fsp3) is 0.429. The van der Waals surface area contributed by atoms with Crippen molar-refractivity contribution in [3.05, 3.63) is 36.3 Å². The lowest BCUT2D eigenvalue weighted by Gasteiger charge is -2.15. The zero-order chi connectivity index (χ0) is 12.3. The largest absolute Gasteiger partial charge is 0.327 e. The van der Waals surface area contributed by atoms with Crippen LogP contribution in [0.4, 0.5) is 0 Å². The summed E-state index contributed by atoms with van der Waals surface area (Å²) in [6.07, 6.45) is 6.24. The van der Waals surface area contributed by atoms with E-state index < -0.39 is 0 Å². The molecule has 0 aliphatic carbocycles. The molecule has 0 aliphatic rings. The van der Waals surface area contributed by atoms with Crippen LogP contribution in [0.1, 0.15) is 38.4 Å². The highest BCUT2D eigenvalue weighted by Crippen LogP contribution is 2.22. The topological polar surface area (TPSA) is 30.7 Å². The van der Waals surface area contributed by atoms with E-state index in [0.717, 1.165) is 23.6 Å². The highest BCUT2D eigenvalue weighted by atomic mass is 15.1. The van der Waals surface area contributed by atoms with Crippen LogP contribution in [0.5, 0.6) is 0 Å². The number of pyridine rings is 1. The molecule has 3 nitrogen and oxygen atoms in total. The van der Waals surface area contributed by atoms with Crippen LogP contribution in [0, 0.1) is 6.92 Å². The predicted octanol–water partition coefficient (Wildman–Crippen LogP) is 3.61. The maximum Gasteiger partial charge on any atom is 0.158 e. The second-order valence-electron chi connectivity index (χ2n) is 4.46. The lowest BCUT2D eigenvalue weighted by molar-refractivity contribution is 0.504. The number of hydrogen-bond donors (Lipinski definition) is 0. The molecule has 0 bridgehead atoms. The molecule has 0 saturated carbocycles. The smallest absolute Gasteiger partial charge is 0.158 e. The van der Waals surface area contributed by atoms with E-state index in [1.165, 1.54) is 6.42 Å². The minimum atomic E-state index is 0.472. The molecule has 0 radical (unpaired) electrons. The molecule has 3 heteroatoms. The van der Waals surface area contributed by atoms with Crippen LogP contribution in [0.15, 0.2) is 30.6 Å². The molecule has 0 spiro atoms. The first-order chi connectivity index (χ1) is 8.22. The van der Waals surface area contributed by atoms with Crippen molar-refractivity contribution in [1.29, 1.82) is 0 Å². The summed E-state index contributed by atoms with van der Waals surface area (Å²) in [5, 5.41) is 0. The number of rotatable bonds is 4. The molecule has 2 heterocycles. The molecular formula is C14H19N3. The number of aromatic nitrogens is 3. The first-order valence-corrected chi connectivity index (χ1v) is 6.19. The summed E-state index contributed by atoms with van der Waals surface area (Å²) in [5.41, 5.74) is 1.98. The number of imidazole rings is 1. The molecule has 0 aliphatic heterocycles. The number of hydrogen-bond acceptors (Lipinski definition) is 2. The van der Waals surface area contributed by atoms with E-state index in [-0.39, 0.29) is 0 Å². The fourth-order valence-corrected chi connectivity index (χ4v) is 2.09. The highest BCUT2D eigenvalue weighted by Gasteiger charge is 2.11. The quantitative estimate of drug-likeness (QED) is 0.801. The molecule has 0 fully saturated rings. The van der Waals surface area contributed by atoms with Crippen LogP contribution in [0.25, 0.3) is 11.5 Å². The molecule has 0 amide bonds. The van der Waals surface area contributed by atoms with Gasteiger partial charge in [0.05, 0.1) is 0 Å². The van der Waals surface area contributed by atoms with Gasteiger partial charge in [0.1, 0.15) is 5.69 Å². The first-order valence-electron chi connectivity index (χ1n) is 6.19. The summed E-state index contributed by atoms with van der Waals surface area (Å²) in [6, 6.07) is 6.53. The Bertz CT molecular complexity index is 488. The van der Waals surface area contributed by atoms with Gasteiger partial charge in [-0.1, -0.05) is 19.4 Å². The van der Waals surface area contributed by atoms with Crippen LogP contribution in [-0.2, 0) is 0 Å². The van der Waals surface area contributed by atoms with Gasteiger partial charge in [-0.3, -0.25) is 0 Å². The minimum Gasteiger partial charge on any atom is -0.327 e. The van der Waals surface area contributed by atoms with E-state index in [9.17, 15) is 0 Å². The van der Waals surface area contributed by atoms with Gasteiger partial charge in [0.25, 0.3) is 0 Å². The molecular weight excluding hydrogens is 210 g/mol. The Morgan fingerprint density at radius 2 is 2.18 bits per heavy atom. The number of aryl methyl sites for hydroxylation is 1. The molecule has 0 unspecified atom stereocenters. The normalized spacial score (nSPS) is 12.6. The molecule has 0 saturated heterocycles.